The first-order chi connectivity index (χ1) is 20.6. The first-order valence-corrected chi connectivity index (χ1v) is 14.4. The molecule has 7 heteroatoms. The second-order valence-corrected chi connectivity index (χ2v) is 11.1. The molecule has 0 spiro atoms. The number of aromatic amines is 1. The normalized spacial score (nSPS) is 18.3. The van der Waals surface area contributed by atoms with E-state index in [1.807, 2.05) is 76.5 Å². The lowest BCUT2D eigenvalue weighted by Gasteiger charge is -2.22. The molecule has 2 saturated heterocycles. The largest absolute Gasteiger partial charge is 0.462 e. The van der Waals surface area contributed by atoms with Crippen molar-refractivity contribution in [1.29, 1.82) is 0 Å². The van der Waals surface area contributed by atoms with Gasteiger partial charge in [0.1, 0.15) is 12.0 Å². The maximum Gasteiger partial charge on any atom is 0.270 e. The van der Waals surface area contributed by atoms with E-state index < -0.39 is 0 Å². The molecule has 7 rings (SSSR count). The highest BCUT2D eigenvalue weighted by Crippen LogP contribution is 2.34. The number of aromatic nitrogens is 2. The molecule has 2 fully saturated rings. The Bertz CT molecular complexity index is 1780. The van der Waals surface area contributed by atoms with E-state index in [9.17, 15) is 9.59 Å². The average molecular weight is 555 g/mol. The van der Waals surface area contributed by atoms with Crippen molar-refractivity contribution in [2.24, 2.45) is 11.8 Å². The number of benzene rings is 2. The van der Waals surface area contributed by atoms with Gasteiger partial charge in [-0.05, 0) is 67.1 Å². The minimum absolute atomic E-state index is 0.00463. The molecular weight excluding hydrogens is 524 g/mol. The van der Waals surface area contributed by atoms with Crippen LogP contribution in [0.2, 0.25) is 0 Å². The quantitative estimate of drug-likeness (QED) is 0.284. The zero-order chi connectivity index (χ0) is 28.5. The summed E-state index contributed by atoms with van der Waals surface area (Å²) >= 11 is 0. The zero-order valence-electron chi connectivity index (χ0n) is 23.1. The van der Waals surface area contributed by atoms with Crippen LogP contribution < -0.4 is 0 Å². The lowest BCUT2D eigenvalue weighted by molar-refractivity contribution is 0.0732. The van der Waals surface area contributed by atoms with Gasteiger partial charge in [0.15, 0.2) is 5.58 Å². The van der Waals surface area contributed by atoms with E-state index in [2.05, 4.69) is 21.8 Å². The van der Waals surface area contributed by atoms with Crippen LogP contribution in [0.5, 0.6) is 0 Å². The van der Waals surface area contributed by atoms with Gasteiger partial charge in [0.05, 0.1) is 5.52 Å². The number of rotatable bonds is 3. The van der Waals surface area contributed by atoms with Gasteiger partial charge in [-0.2, -0.15) is 0 Å². The van der Waals surface area contributed by atoms with Crippen LogP contribution >= 0.6 is 0 Å². The summed E-state index contributed by atoms with van der Waals surface area (Å²) in [6.45, 7) is 2.80. The predicted octanol–water partition coefficient (Wildman–Crippen LogP) is 5.85. The summed E-state index contributed by atoms with van der Waals surface area (Å²) in [5.74, 6) is 7.14. The number of carbonyl (C=O) groups excluding carboxylic acids is 2. The lowest BCUT2D eigenvalue weighted by Crippen LogP contribution is -2.34. The van der Waals surface area contributed by atoms with Crippen molar-refractivity contribution in [3.8, 4) is 23.0 Å². The highest BCUT2D eigenvalue weighted by atomic mass is 16.3. The summed E-state index contributed by atoms with van der Waals surface area (Å²) < 4.78 is 5.74. The fourth-order valence-corrected chi connectivity index (χ4v) is 6.19. The summed E-state index contributed by atoms with van der Waals surface area (Å²) in [6.07, 6.45) is 6.99. The molecule has 2 aliphatic heterocycles. The van der Waals surface area contributed by atoms with Gasteiger partial charge in [0.25, 0.3) is 11.8 Å². The molecule has 2 amide bonds. The van der Waals surface area contributed by atoms with Crippen molar-refractivity contribution in [3.63, 3.8) is 0 Å². The summed E-state index contributed by atoms with van der Waals surface area (Å²) in [5.41, 5.74) is 6.38. The number of amides is 2. The van der Waals surface area contributed by atoms with Gasteiger partial charge in [0.2, 0.25) is 0 Å². The molecule has 0 radical (unpaired) electrons. The topological polar surface area (TPSA) is 82.4 Å². The number of likely N-dealkylation sites (tertiary alicyclic amines) is 2. The fraction of sp³-hybridized carbons (Fsp3) is 0.229. The Kier molecular flexibility index (Phi) is 6.81. The number of nitrogens with one attached hydrogen (secondary N) is 1. The van der Waals surface area contributed by atoms with Crippen molar-refractivity contribution >= 4 is 22.9 Å². The SMILES string of the molecule is O=C(c1ccc(C#Cc2ccccc2)cc1)N1CC[C@@H]2CN(C(=O)c3cc4occ(-c5cccnc5)c4[nH]3)C[C@@H]2CC1. The number of nitrogens with zero attached hydrogens (tertiary/aromatic N) is 3. The van der Waals surface area contributed by atoms with E-state index in [0.29, 0.717) is 54.9 Å². The van der Waals surface area contributed by atoms with Gasteiger partial charge in [0, 0.05) is 72.5 Å². The summed E-state index contributed by atoms with van der Waals surface area (Å²) in [5, 5.41) is 0. The number of H-pyrrole nitrogens is 1. The summed E-state index contributed by atoms with van der Waals surface area (Å²) in [4.78, 5) is 38.2. The molecule has 5 heterocycles. The molecule has 42 heavy (non-hydrogen) atoms. The Morgan fingerprint density at radius 2 is 1.55 bits per heavy atom. The fourth-order valence-electron chi connectivity index (χ4n) is 6.19. The van der Waals surface area contributed by atoms with E-state index in [4.69, 9.17) is 4.42 Å². The van der Waals surface area contributed by atoms with Crippen LogP contribution in [0.25, 0.3) is 22.2 Å². The molecule has 7 nitrogen and oxygen atoms in total. The van der Waals surface area contributed by atoms with Crippen molar-refractivity contribution in [3.05, 3.63) is 114 Å². The van der Waals surface area contributed by atoms with E-state index >= 15 is 0 Å². The lowest BCUT2D eigenvalue weighted by atomic mass is 9.92. The minimum Gasteiger partial charge on any atom is -0.462 e. The summed E-state index contributed by atoms with van der Waals surface area (Å²) in [7, 11) is 0. The van der Waals surface area contributed by atoms with E-state index in [-0.39, 0.29) is 11.8 Å². The molecular formula is C35H30N4O3. The smallest absolute Gasteiger partial charge is 0.270 e. The second kappa shape index (κ2) is 11.1. The Morgan fingerprint density at radius 3 is 2.24 bits per heavy atom. The highest BCUT2D eigenvalue weighted by molar-refractivity contribution is 6.00. The maximum absolute atomic E-state index is 13.5. The van der Waals surface area contributed by atoms with Crippen LogP contribution in [0.3, 0.4) is 0 Å². The number of hydrogen-bond donors (Lipinski definition) is 1. The van der Waals surface area contributed by atoms with Crippen molar-refractivity contribution < 1.29 is 14.0 Å². The second-order valence-electron chi connectivity index (χ2n) is 11.1. The maximum atomic E-state index is 13.5. The van der Waals surface area contributed by atoms with Gasteiger partial charge in [-0.15, -0.1) is 0 Å². The van der Waals surface area contributed by atoms with Crippen LogP contribution in [0.1, 0.15) is 44.8 Å². The van der Waals surface area contributed by atoms with Crippen LogP contribution in [-0.2, 0) is 0 Å². The number of hydrogen-bond acceptors (Lipinski definition) is 4. The van der Waals surface area contributed by atoms with E-state index in [1.54, 1.807) is 24.7 Å². The molecule has 1 N–H and O–H groups in total. The zero-order valence-corrected chi connectivity index (χ0v) is 23.1. The molecule has 5 aromatic rings. The third-order valence-corrected chi connectivity index (χ3v) is 8.50. The Labute approximate surface area is 244 Å². The number of carbonyl (C=O) groups is 2. The molecule has 208 valence electrons. The molecule has 2 aliphatic rings. The Balaban J connectivity index is 0.974. The standard InChI is InChI=1S/C35H30N4O3/c40-34(26-12-10-25(11-13-26)9-8-24-5-2-1-3-6-24)38-17-14-28-21-39(22-29(28)15-18-38)35(41)31-19-32-33(37-31)30(23-42-32)27-7-4-16-36-20-27/h1-7,10-13,16,19-20,23,28-29,37H,14-15,17-18,21-22H2/t28-,29+. The van der Waals surface area contributed by atoms with Gasteiger partial charge < -0.3 is 19.2 Å². The van der Waals surface area contributed by atoms with Crippen molar-refractivity contribution in [1.82, 2.24) is 19.8 Å². The molecule has 0 saturated carbocycles. The predicted molar refractivity (Wildman–Crippen MR) is 161 cm³/mol. The monoisotopic (exact) mass is 554 g/mol. The first-order valence-electron chi connectivity index (χ1n) is 14.4. The van der Waals surface area contributed by atoms with Crippen molar-refractivity contribution in [2.45, 2.75) is 12.8 Å². The van der Waals surface area contributed by atoms with E-state index in [1.165, 1.54) is 0 Å². The Hall–Kier alpha value is -5.09. The number of furan rings is 1. The number of fused-ring (bicyclic) bond motifs is 2. The third-order valence-electron chi connectivity index (χ3n) is 8.50. The third kappa shape index (κ3) is 5.08. The minimum atomic E-state index is -0.00463. The van der Waals surface area contributed by atoms with Crippen molar-refractivity contribution in [2.75, 3.05) is 26.2 Å². The molecule has 0 aliphatic carbocycles. The molecule has 2 aromatic carbocycles. The summed E-state index contributed by atoms with van der Waals surface area (Å²) in [6, 6.07) is 23.1. The molecule has 2 atom stereocenters. The van der Waals surface area contributed by atoms with Crippen LogP contribution in [0, 0.1) is 23.7 Å². The van der Waals surface area contributed by atoms with Gasteiger partial charge in [-0.3, -0.25) is 14.6 Å². The van der Waals surface area contributed by atoms with Gasteiger partial charge >= 0.3 is 0 Å². The van der Waals surface area contributed by atoms with Crippen LogP contribution in [0.15, 0.2) is 95.9 Å². The highest BCUT2D eigenvalue weighted by Gasteiger charge is 2.38. The van der Waals surface area contributed by atoms with Gasteiger partial charge in [-0.25, -0.2) is 0 Å². The molecule has 3 aromatic heterocycles. The van der Waals surface area contributed by atoms with Gasteiger partial charge in [-0.1, -0.05) is 36.1 Å². The molecule has 0 bridgehead atoms. The van der Waals surface area contributed by atoms with E-state index in [0.717, 1.165) is 40.6 Å². The van der Waals surface area contributed by atoms with Crippen LogP contribution in [0.4, 0.5) is 0 Å². The Morgan fingerprint density at radius 1 is 0.833 bits per heavy atom. The molecule has 0 unspecified atom stereocenters. The first kappa shape index (κ1) is 25.8. The number of pyridine rings is 1. The average Bonchev–Trinajstić information content (AvgIpc) is 3.72. The van der Waals surface area contributed by atoms with Crippen LogP contribution in [-0.4, -0.2) is 57.8 Å².